The van der Waals surface area contributed by atoms with Gasteiger partial charge < -0.3 is 14.9 Å². The summed E-state index contributed by atoms with van der Waals surface area (Å²) in [7, 11) is 4.17. The minimum atomic E-state index is -0.659. The largest absolute Gasteiger partial charge is 0.389 e. The van der Waals surface area contributed by atoms with E-state index in [0.717, 1.165) is 25.3 Å². The number of hydrogen-bond acceptors (Lipinski definition) is 3. The van der Waals surface area contributed by atoms with Crippen LogP contribution in [0.1, 0.15) is 30.6 Å². The van der Waals surface area contributed by atoms with Gasteiger partial charge in [-0.25, -0.2) is 4.39 Å². The zero-order valence-electron chi connectivity index (χ0n) is 12.9. The number of aliphatic hydroxyl groups is 1. The van der Waals surface area contributed by atoms with Gasteiger partial charge in [0.2, 0.25) is 0 Å². The van der Waals surface area contributed by atoms with Crippen LogP contribution in [-0.2, 0) is 0 Å². The van der Waals surface area contributed by atoms with Crippen molar-refractivity contribution in [2.75, 3.05) is 38.6 Å². The van der Waals surface area contributed by atoms with Gasteiger partial charge in [0.1, 0.15) is 5.82 Å². The molecule has 0 bridgehead atoms. The molecule has 1 aliphatic heterocycles. The molecule has 0 radical (unpaired) electrons. The first-order valence-corrected chi connectivity index (χ1v) is 7.26. The van der Waals surface area contributed by atoms with Crippen LogP contribution < -0.4 is 4.90 Å². The van der Waals surface area contributed by atoms with Gasteiger partial charge in [-0.1, -0.05) is 0 Å². The Morgan fingerprint density at radius 3 is 2.75 bits per heavy atom. The standard InChI is InChI=1S/C16H25FN2O/c1-11-7-16(14(12(2)20)8-15(11)17)19(4)10-13-5-6-18(3)9-13/h7-8,12-13,20H,5-6,9-10H2,1-4H3. The van der Waals surface area contributed by atoms with E-state index in [1.54, 1.807) is 13.8 Å². The number of benzene rings is 1. The lowest BCUT2D eigenvalue weighted by atomic mass is 10.0. The predicted molar refractivity (Wildman–Crippen MR) is 80.6 cm³/mol. The molecule has 0 spiro atoms. The van der Waals surface area contributed by atoms with Crippen molar-refractivity contribution in [3.8, 4) is 0 Å². The monoisotopic (exact) mass is 280 g/mol. The molecule has 1 aromatic rings. The first-order valence-electron chi connectivity index (χ1n) is 7.26. The molecule has 0 amide bonds. The molecule has 1 aromatic carbocycles. The molecule has 1 aliphatic rings. The van der Waals surface area contributed by atoms with Crippen molar-refractivity contribution in [1.29, 1.82) is 0 Å². The van der Waals surface area contributed by atoms with E-state index >= 15 is 0 Å². The lowest BCUT2D eigenvalue weighted by molar-refractivity contribution is 0.199. The van der Waals surface area contributed by atoms with Gasteiger partial charge in [0.05, 0.1) is 6.10 Å². The molecule has 2 rings (SSSR count). The Morgan fingerprint density at radius 1 is 1.50 bits per heavy atom. The average Bonchev–Trinajstić information content (AvgIpc) is 2.77. The number of aliphatic hydroxyl groups excluding tert-OH is 1. The molecule has 1 N–H and O–H groups in total. The number of nitrogens with zero attached hydrogens (tertiary/aromatic N) is 2. The fraction of sp³-hybridized carbons (Fsp3) is 0.625. The molecular formula is C16H25FN2O. The van der Waals surface area contributed by atoms with Crippen molar-refractivity contribution in [2.45, 2.75) is 26.4 Å². The summed E-state index contributed by atoms with van der Waals surface area (Å²) in [6.45, 7) is 6.64. The van der Waals surface area contributed by atoms with Crippen LogP contribution in [-0.4, -0.2) is 43.7 Å². The molecule has 1 heterocycles. The fourth-order valence-electron chi connectivity index (χ4n) is 3.01. The smallest absolute Gasteiger partial charge is 0.126 e. The molecule has 2 atom stereocenters. The topological polar surface area (TPSA) is 26.7 Å². The van der Waals surface area contributed by atoms with E-state index < -0.39 is 6.10 Å². The summed E-state index contributed by atoms with van der Waals surface area (Å²) in [6.07, 6.45) is 0.541. The van der Waals surface area contributed by atoms with Gasteiger partial charge >= 0.3 is 0 Å². The van der Waals surface area contributed by atoms with E-state index in [2.05, 4.69) is 16.8 Å². The molecule has 0 saturated carbocycles. The molecule has 20 heavy (non-hydrogen) atoms. The van der Waals surface area contributed by atoms with Crippen LogP contribution in [0.3, 0.4) is 0 Å². The van der Waals surface area contributed by atoms with Crippen molar-refractivity contribution in [2.24, 2.45) is 5.92 Å². The second-order valence-electron chi connectivity index (χ2n) is 6.13. The van der Waals surface area contributed by atoms with Gasteiger partial charge in [0.25, 0.3) is 0 Å². The van der Waals surface area contributed by atoms with Crippen molar-refractivity contribution >= 4 is 5.69 Å². The molecule has 0 aliphatic carbocycles. The Kier molecular flexibility index (Phi) is 4.66. The number of rotatable bonds is 4. The summed E-state index contributed by atoms with van der Waals surface area (Å²) >= 11 is 0. The van der Waals surface area contributed by atoms with Crippen LogP contribution in [0.15, 0.2) is 12.1 Å². The van der Waals surface area contributed by atoms with Crippen molar-refractivity contribution in [3.63, 3.8) is 0 Å². The number of anilines is 1. The Bertz CT molecular complexity index is 476. The van der Waals surface area contributed by atoms with Crippen LogP contribution in [0, 0.1) is 18.7 Å². The Hall–Kier alpha value is -1.13. The molecule has 0 aromatic heterocycles. The number of halogens is 1. The van der Waals surface area contributed by atoms with Gasteiger partial charge in [-0.3, -0.25) is 0 Å². The predicted octanol–water partition coefficient (Wildman–Crippen LogP) is 2.58. The summed E-state index contributed by atoms with van der Waals surface area (Å²) in [5, 5.41) is 9.87. The first-order chi connectivity index (χ1) is 9.38. The van der Waals surface area contributed by atoms with E-state index in [-0.39, 0.29) is 5.82 Å². The molecule has 4 heteroatoms. The van der Waals surface area contributed by atoms with E-state index in [4.69, 9.17) is 0 Å². The molecule has 3 nitrogen and oxygen atoms in total. The summed E-state index contributed by atoms with van der Waals surface area (Å²) in [4.78, 5) is 4.49. The van der Waals surface area contributed by atoms with E-state index in [0.29, 0.717) is 17.0 Å². The van der Waals surface area contributed by atoms with Crippen molar-refractivity contribution in [3.05, 3.63) is 29.1 Å². The van der Waals surface area contributed by atoms with Crippen molar-refractivity contribution < 1.29 is 9.50 Å². The normalized spacial score (nSPS) is 21.2. The third-order valence-corrected chi connectivity index (χ3v) is 4.19. The minimum absolute atomic E-state index is 0.251. The van der Waals surface area contributed by atoms with Crippen LogP contribution in [0.2, 0.25) is 0 Å². The van der Waals surface area contributed by atoms with Crippen molar-refractivity contribution in [1.82, 2.24) is 4.90 Å². The van der Waals surface area contributed by atoms with E-state index in [9.17, 15) is 9.50 Å². The Balaban J connectivity index is 2.19. The van der Waals surface area contributed by atoms with Gasteiger partial charge in [0.15, 0.2) is 0 Å². The second-order valence-corrected chi connectivity index (χ2v) is 6.13. The van der Waals surface area contributed by atoms with E-state index in [1.807, 2.05) is 13.1 Å². The maximum Gasteiger partial charge on any atom is 0.126 e. The first kappa shape index (κ1) is 15.3. The lowest BCUT2D eigenvalue weighted by Crippen LogP contribution is -2.28. The third kappa shape index (κ3) is 3.30. The quantitative estimate of drug-likeness (QED) is 0.918. The lowest BCUT2D eigenvalue weighted by Gasteiger charge is -2.27. The van der Waals surface area contributed by atoms with Gasteiger partial charge in [0, 0.05) is 31.4 Å². The molecule has 1 saturated heterocycles. The summed E-state index contributed by atoms with van der Waals surface area (Å²) in [5.74, 6) is 0.385. The third-order valence-electron chi connectivity index (χ3n) is 4.19. The van der Waals surface area contributed by atoms with Gasteiger partial charge in [-0.2, -0.15) is 0 Å². The molecule has 1 fully saturated rings. The molecular weight excluding hydrogens is 255 g/mol. The average molecular weight is 280 g/mol. The minimum Gasteiger partial charge on any atom is -0.389 e. The Labute approximate surface area is 121 Å². The second kappa shape index (κ2) is 6.10. The highest BCUT2D eigenvalue weighted by Crippen LogP contribution is 2.30. The van der Waals surface area contributed by atoms with Crippen LogP contribution >= 0.6 is 0 Å². The summed E-state index contributed by atoms with van der Waals surface area (Å²) in [5.41, 5.74) is 2.23. The summed E-state index contributed by atoms with van der Waals surface area (Å²) in [6, 6.07) is 3.31. The van der Waals surface area contributed by atoms with Gasteiger partial charge in [-0.05, 0) is 57.5 Å². The van der Waals surface area contributed by atoms with Gasteiger partial charge in [-0.15, -0.1) is 0 Å². The maximum absolute atomic E-state index is 13.7. The number of aryl methyl sites for hydroxylation is 1. The maximum atomic E-state index is 13.7. The fourth-order valence-corrected chi connectivity index (χ4v) is 3.01. The highest BCUT2D eigenvalue weighted by molar-refractivity contribution is 5.56. The zero-order chi connectivity index (χ0) is 14.9. The summed E-state index contributed by atoms with van der Waals surface area (Å²) < 4.78 is 13.7. The Morgan fingerprint density at radius 2 is 2.20 bits per heavy atom. The molecule has 2 unspecified atom stereocenters. The number of likely N-dealkylation sites (tertiary alicyclic amines) is 1. The van der Waals surface area contributed by atoms with Crippen LogP contribution in [0.25, 0.3) is 0 Å². The molecule has 112 valence electrons. The number of hydrogen-bond donors (Lipinski definition) is 1. The highest BCUT2D eigenvalue weighted by atomic mass is 19.1. The zero-order valence-corrected chi connectivity index (χ0v) is 12.9. The SMILES string of the molecule is Cc1cc(N(C)CC2CCN(C)C2)c(C(C)O)cc1F. The van der Waals surface area contributed by atoms with Crippen LogP contribution in [0.5, 0.6) is 0 Å². The highest BCUT2D eigenvalue weighted by Gasteiger charge is 2.22. The van der Waals surface area contributed by atoms with Crippen LogP contribution in [0.4, 0.5) is 10.1 Å². The van der Waals surface area contributed by atoms with E-state index in [1.165, 1.54) is 12.5 Å².